The van der Waals surface area contributed by atoms with Crippen LogP contribution in [0.1, 0.15) is 18.5 Å². The van der Waals surface area contributed by atoms with Crippen molar-refractivity contribution in [3.8, 4) is 5.69 Å². The Morgan fingerprint density at radius 1 is 1.33 bits per heavy atom. The highest BCUT2D eigenvalue weighted by molar-refractivity contribution is 7.89. The first kappa shape index (κ1) is 16.9. The zero-order valence-electron chi connectivity index (χ0n) is 12.9. The van der Waals surface area contributed by atoms with Crippen molar-refractivity contribution in [3.05, 3.63) is 41.2 Å². The van der Waals surface area contributed by atoms with Crippen LogP contribution < -0.4 is 0 Å². The van der Waals surface area contributed by atoms with Gasteiger partial charge in [0.05, 0.1) is 17.6 Å². The van der Waals surface area contributed by atoms with Crippen LogP contribution in [0.2, 0.25) is 5.02 Å². The van der Waals surface area contributed by atoms with Crippen molar-refractivity contribution in [3.63, 3.8) is 0 Å². The molecule has 1 aromatic heterocycles. The highest BCUT2D eigenvalue weighted by Gasteiger charge is 2.40. The molecule has 0 bridgehead atoms. The number of sulfonamides is 1. The van der Waals surface area contributed by atoms with Gasteiger partial charge in [-0.05, 0) is 44.0 Å². The average Bonchev–Trinajstić information content (AvgIpc) is 3.15. The van der Waals surface area contributed by atoms with Crippen molar-refractivity contribution < 1.29 is 18.3 Å². The Morgan fingerprint density at radius 2 is 2.00 bits per heavy atom. The molecule has 1 saturated heterocycles. The highest BCUT2D eigenvalue weighted by atomic mass is 35.5. The molecular formula is C15H16ClN3O4S. The summed E-state index contributed by atoms with van der Waals surface area (Å²) in [5.41, 5.74) is 1.10. The van der Waals surface area contributed by atoms with Gasteiger partial charge in [-0.25, -0.2) is 13.1 Å². The molecule has 1 aliphatic heterocycles. The van der Waals surface area contributed by atoms with Crippen LogP contribution in [0.4, 0.5) is 0 Å². The Morgan fingerprint density at radius 3 is 2.62 bits per heavy atom. The van der Waals surface area contributed by atoms with E-state index in [0.29, 0.717) is 29.2 Å². The van der Waals surface area contributed by atoms with E-state index in [1.807, 2.05) is 0 Å². The molecule has 1 N–H and O–H groups in total. The molecule has 0 saturated carbocycles. The number of benzene rings is 1. The minimum Gasteiger partial charge on any atom is -0.480 e. The summed E-state index contributed by atoms with van der Waals surface area (Å²) in [6, 6.07) is 5.82. The minimum absolute atomic E-state index is 0.0191. The Bertz CT molecular complexity index is 877. The molecule has 0 spiro atoms. The molecule has 0 amide bonds. The lowest BCUT2D eigenvalue weighted by Gasteiger charge is -2.20. The lowest BCUT2D eigenvalue weighted by molar-refractivity contribution is -0.140. The maximum absolute atomic E-state index is 12.9. The monoisotopic (exact) mass is 369 g/mol. The zero-order chi connectivity index (χ0) is 17.5. The molecule has 9 heteroatoms. The number of halogens is 1. The molecule has 0 radical (unpaired) electrons. The van der Waals surface area contributed by atoms with E-state index < -0.39 is 22.0 Å². The smallest absolute Gasteiger partial charge is 0.322 e. The predicted molar refractivity (Wildman–Crippen MR) is 87.9 cm³/mol. The van der Waals surface area contributed by atoms with Crippen LogP contribution in [0.5, 0.6) is 0 Å². The summed E-state index contributed by atoms with van der Waals surface area (Å²) in [5, 5.41) is 13.9. The summed E-state index contributed by atoms with van der Waals surface area (Å²) >= 11 is 5.86. The molecule has 1 atom stereocenters. The lowest BCUT2D eigenvalue weighted by atomic mass is 10.2. The second-order valence-electron chi connectivity index (χ2n) is 5.59. The molecule has 7 nitrogen and oxygen atoms in total. The minimum atomic E-state index is -3.92. The Labute approximate surface area is 144 Å². The van der Waals surface area contributed by atoms with Crippen molar-refractivity contribution in [2.24, 2.45) is 0 Å². The maximum Gasteiger partial charge on any atom is 0.322 e. The first-order valence-corrected chi connectivity index (χ1v) is 9.19. The molecule has 1 aromatic carbocycles. The Balaban J connectivity index is 2.01. The first-order valence-electron chi connectivity index (χ1n) is 7.37. The van der Waals surface area contributed by atoms with Crippen LogP contribution in [0, 0.1) is 6.92 Å². The van der Waals surface area contributed by atoms with E-state index in [0.717, 1.165) is 4.31 Å². The SMILES string of the molecule is Cc1c(S(=O)(=O)N2CCC[C@H]2C(=O)O)cnn1-c1ccc(Cl)cc1. The van der Waals surface area contributed by atoms with E-state index >= 15 is 0 Å². The van der Waals surface area contributed by atoms with Crippen molar-refractivity contribution in [2.75, 3.05) is 6.54 Å². The number of carboxylic acid groups (broad SMARTS) is 1. The van der Waals surface area contributed by atoms with Crippen molar-refractivity contribution >= 4 is 27.6 Å². The molecule has 0 aliphatic carbocycles. The Kier molecular flexibility index (Phi) is 4.37. The third-order valence-electron chi connectivity index (χ3n) is 4.11. The summed E-state index contributed by atoms with van der Waals surface area (Å²) < 4.78 is 28.3. The van der Waals surface area contributed by atoms with Crippen LogP contribution in [0.15, 0.2) is 35.4 Å². The van der Waals surface area contributed by atoms with Gasteiger partial charge in [0.25, 0.3) is 0 Å². The molecule has 1 fully saturated rings. The van der Waals surface area contributed by atoms with E-state index in [1.165, 1.54) is 10.9 Å². The van der Waals surface area contributed by atoms with Crippen LogP contribution in [-0.4, -0.2) is 46.2 Å². The van der Waals surface area contributed by atoms with Crippen molar-refractivity contribution in [1.82, 2.24) is 14.1 Å². The van der Waals surface area contributed by atoms with E-state index in [4.69, 9.17) is 11.6 Å². The summed E-state index contributed by atoms with van der Waals surface area (Å²) in [7, 11) is -3.92. The van der Waals surface area contributed by atoms with E-state index in [2.05, 4.69) is 5.10 Å². The van der Waals surface area contributed by atoms with E-state index in [-0.39, 0.29) is 11.4 Å². The largest absolute Gasteiger partial charge is 0.480 e. The van der Waals surface area contributed by atoms with Gasteiger partial charge in [-0.2, -0.15) is 9.40 Å². The third kappa shape index (κ3) is 2.81. The van der Waals surface area contributed by atoms with Gasteiger partial charge < -0.3 is 5.11 Å². The quantitative estimate of drug-likeness (QED) is 0.890. The van der Waals surface area contributed by atoms with Crippen LogP contribution >= 0.6 is 11.6 Å². The predicted octanol–water partition coefficient (Wildman–Crippen LogP) is 2.07. The molecule has 2 heterocycles. The second-order valence-corrected chi connectivity index (χ2v) is 7.89. The summed E-state index contributed by atoms with van der Waals surface area (Å²) in [6.07, 6.45) is 2.11. The fourth-order valence-electron chi connectivity index (χ4n) is 2.89. The number of aromatic nitrogens is 2. The standard InChI is InChI=1S/C15H16ClN3O4S/c1-10-14(9-17-19(10)12-6-4-11(16)5-7-12)24(22,23)18-8-2-3-13(18)15(20)21/h4-7,9,13H,2-3,8H2,1H3,(H,20,21)/t13-/m0/s1. The number of hydrogen-bond donors (Lipinski definition) is 1. The number of hydrogen-bond acceptors (Lipinski definition) is 4. The molecule has 3 rings (SSSR count). The normalized spacial score (nSPS) is 18.8. The molecule has 0 unspecified atom stereocenters. The third-order valence-corrected chi connectivity index (χ3v) is 6.37. The van der Waals surface area contributed by atoms with Gasteiger partial charge in [-0.15, -0.1) is 0 Å². The fraction of sp³-hybridized carbons (Fsp3) is 0.333. The number of aliphatic carboxylic acids is 1. The molecular weight excluding hydrogens is 354 g/mol. The van der Waals surface area contributed by atoms with Gasteiger partial charge in [0.1, 0.15) is 10.9 Å². The lowest BCUT2D eigenvalue weighted by Crippen LogP contribution is -2.40. The van der Waals surface area contributed by atoms with Crippen LogP contribution in [0.3, 0.4) is 0 Å². The van der Waals surface area contributed by atoms with Crippen LogP contribution in [0.25, 0.3) is 5.69 Å². The summed E-state index contributed by atoms with van der Waals surface area (Å²) in [5.74, 6) is -1.13. The zero-order valence-corrected chi connectivity index (χ0v) is 14.5. The molecule has 1 aliphatic rings. The number of carboxylic acids is 1. The number of carbonyl (C=O) groups is 1. The van der Waals surface area contributed by atoms with Crippen molar-refractivity contribution in [1.29, 1.82) is 0 Å². The number of rotatable bonds is 4. The molecule has 2 aromatic rings. The Hall–Kier alpha value is -1.90. The van der Waals surface area contributed by atoms with E-state index in [1.54, 1.807) is 31.2 Å². The van der Waals surface area contributed by atoms with Gasteiger partial charge in [0.15, 0.2) is 0 Å². The highest BCUT2D eigenvalue weighted by Crippen LogP contribution is 2.28. The summed E-state index contributed by atoms with van der Waals surface area (Å²) in [6.45, 7) is 1.84. The topological polar surface area (TPSA) is 92.5 Å². The van der Waals surface area contributed by atoms with Crippen molar-refractivity contribution in [2.45, 2.75) is 30.7 Å². The fourth-order valence-corrected chi connectivity index (χ4v) is 4.81. The first-order chi connectivity index (χ1) is 11.3. The van der Waals surface area contributed by atoms with Gasteiger partial charge in [-0.3, -0.25) is 4.79 Å². The average molecular weight is 370 g/mol. The molecule has 24 heavy (non-hydrogen) atoms. The van der Waals surface area contributed by atoms with Gasteiger partial charge in [0.2, 0.25) is 10.0 Å². The van der Waals surface area contributed by atoms with Gasteiger partial charge >= 0.3 is 5.97 Å². The van der Waals surface area contributed by atoms with E-state index in [9.17, 15) is 18.3 Å². The number of nitrogens with zero attached hydrogens (tertiary/aromatic N) is 3. The van der Waals surface area contributed by atoms with Gasteiger partial charge in [-0.1, -0.05) is 11.6 Å². The van der Waals surface area contributed by atoms with Gasteiger partial charge in [0, 0.05) is 11.6 Å². The molecule has 128 valence electrons. The second kappa shape index (κ2) is 6.19. The van der Waals surface area contributed by atoms with Crippen LogP contribution in [-0.2, 0) is 14.8 Å². The summed E-state index contributed by atoms with van der Waals surface area (Å²) in [4.78, 5) is 11.3. The maximum atomic E-state index is 12.9.